The predicted molar refractivity (Wildman–Crippen MR) is 144 cm³/mol. The Hall–Kier alpha value is -3.25. The molecule has 0 saturated heterocycles. The molecular weight excluding hydrogens is 516 g/mol. The molecule has 2 aliphatic rings. The fourth-order valence-corrected chi connectivity index (χ4v) is 6.02. The van der Waals surface area contributed by atoms with Gasteiger partial charge in [0.15, 0.2) is 0 Å². The molecule has 2 atom stereocenters. The minimum Gasteiger partial charge on any atom is -0.491 e. The first-order valence-corrected chi connectivity index (χ1v) is 13.3. The molecule has 0 saturated carbocycles. The van der Waals surface area contributed by atoms with Gasteiger partial charge in [0.25, 0.3) is 0 Å². The molecule has 0 aliphatic carbocycles. The molecule has 2 heterocycles. The minimum absolute atomic E-state index is 0.0901. The molecule has 0 radical (unpaired) electrons. The Balaban J connectivity index is 1.54. The largest absolute Gasteiger partial charge is 0.491 e. The lowest BCUT2D eigenvalue weighted by atomic mass is 9.91. The Morgan fingerprint density at radius 1 is 1.11 bits per heavy atom. The summed E-state index contributed by atoms with van der Waals surface area (Å²) in [6.45, 7) is 0.0902. The Kier molecular flexibility index (Phi) is 8.70. The van der Waals surface area contributed by atoms with Crippen molar-refractivity contribution in [3.63, 3.8) is 0 Å². The molecule has 0 spiro atoms. The molecule has 4 rings (SSSR count). The summed E-state index contributed by atoms with van der Waals surface area (Å²) in [6.07, 6.45) is 0. The lowest BCUT2D eigenvalue weighted by Gasteiger charge is -2.29. The van der Waals surface area contributed by atoms with E-state index in [2.05, 4.69) is 33.6 Å². The molecule has 0 bridgehead atoms. The Bertz CT molecular complexity index is 1280. The average Bonchev–Trinajstić information content (AvgIpc) is 3.39. The van der Waals surface area contributed by atoms with Gasteiger partial charge in [0, 0.05) is 22.0 Å². The summed E-state index contributed by atoms with van der Waals surface area (Å²) in [5, 5.41) is 38.1. The van der Waals surface area contributed by atoms with Gasteiger partial charge in [0.2, 0.25) is 0 Å². The molecule has 6 N–H and O–H groups in total. The van der Waals surface area contributed by atoms with Gasteiger partial charge in [-0.2, -0.15) is 10.5 Å². The van der Waals surface area contributed by atoms with Crippen molar-refractivity contribution >= 4 is 40.7 Å². The zero-order valence-corrected chi connectivity index (χ0v) is 21.4. The average molecular weight is 539 g/mol. The van der Waals surface area contributed by atoms with Crippen molar-refractivity contribution in [3.05, 3.63) is 92.8 Å². The van der Waals surface area contributed by atoms with E-state index in [0.717, 1.165) is 11.3 Å². The third-order valence-corrected chi connectivity index (χ3v) is 7.93. The van der Waals surface area contributed by atoms with Crippen LogP contribution in [-0.2, 0) is 0 Å². The van der Waals surface area contributed by atoms with Crippen molar-refractivity contribution < 1.29 is 9.84 Å². The van der Waals surface area contributed by atoms with Crippen molar-refractivity contribution in [1.82, 2.24) is 16.1 Å². The number of thioether (sulfide) groups is 2. The number of dihydropyridines is 1. The second-order valence-electron chi connectivity index (χ2n) is 7.69. The number of ether oxygens (including phenoxy) is 1. The quantitative estimate of drug-likeness (QED) is 0.237. The van der Waals surface area contributed by atoms with Gasteiger partial charge in [-0.15, -0.1) is 23.5 Å². The Morgan fingerprint density at radius 2 is 1.86 bits per heavy atom. The van der Waals surface area contributed by atoms with Gasteiger partial charge >= 0.3 is 0 Å². The lowest BCUT2D eigenvalue weighted by molar-refractivity contribution is 0.201. The summed E-state index contributed by atoms with van der Waals surface area (Å²) in [5.41, 5.74) is 6.62. The van der Waals surface area contributed by atoms with Crippen LogP contribution in [0.3, 0.4) is 0 Å². The van der Waals surface area contributed by atoms with Crippen LogP contribution in [0.4, 0.5) is 0 Å². The van der Waals surface area contributed by atoms with Gasteiger partial charge in [-0.1, -0.05) is 35.9 Å². The van der Waals surface area contributed by atoms with Gasteiger partial charge < -0.3 is 25.9 Å². The first kappa shape index (κ1) is 25.8. The highest BCUT2D eigenvalue weighted by molar-refractivity contribution is 8.03. The van der Waals surface area contributed by atoms with Gasteiger partial charge in [-0.05, 0) is 40.8 Å². The number of nitrogens with two attached hydrogens (primary N) is 1. The van der Waals surface area contributed by atoms with E-state index in [0.29, 0.717) is 39.1 Å². The smallest absolute Gasteiger partial charge is 0.133 e. The maximum Gasteiger partial charge on any atom is 0.133 e. The van der Waals surface area contributed by atoms with Crippen molar-refractivity contribution in [2.24, 2.45) is 5.84 Å². The number of aliphatic hydroxyl groups excluding tert-OH is 1. The van der Waals surface area contributed by atoms with Crippen molar-refractivity contribution in [2.75, 3.05) is 19.0 Å². The summed E-state index contributed by atoms with van der Waals surface area (Å²) in [4.78, 5) is 0. The van der Waals surface area contributed by atoms with Gasteiger partial charge in [-0.25, -0.2) is 5.84 Å². The number of hydrogen-bond donors (Lipinski definition) is 5. The summed E-state index contributed by atoms with van der Waals surface area (Å²) in [5.74, 6) is 7.28. The van der Waals surface area contributed by atoms with Crippen molar-refractivity contribution in [1.29, 1.82) is 10.5 Å². The topological polar surface area (TPSA) is 139 Å². The van der Waals surface area contributed by atoms with Crippen LogP contribution in [0, 0.1) is 22.7 Å². The predicted octanol–water partition coefficient (Wildman–Crippen LogP) is 3.73. The number of halogens is 1. The zero-order valence-electron chi connectivity index (χ0n) is 19.0. The Morgan fingerprint density at radius 3 is 2.50 bits per heavy atom. The third kappa shape index (κ3) is 5.76. The fraction of sp³-hybridized carbons (Fsp3) is 0.200. The number of rotatable bonds is 9. The number of benzene rings is 2. The van der Waals surface area contributed by atoms with Gasteiger partial charge in [0.05, 0.1) is 18.2 Å². The first-order valence-electron chi connectivity index (χ1n) is 10.9. The number of hydrogen-bond acceptors (Lipinski definition) is 10. The highest BCUT2D eigenvalue weighted by atomic mass is 35.5. The second kappa shape index (κ2) is 12.1. The zero-order chi connectivity index (χ0) is 25.5. The maximum absolute atomic E-state index is 10.1. The molecule has 0 aromatic heterocycles. The fourth-order valence-electron chi connectivity index (χ4n) is 3.75. The summed E-state index contributed by atoms with van der Waals surface area (Å²) >= 11 is 9.20. The van der Waals surface area contributed by atoms with Crippen LogP contribution >= 0.6 is 35.1 Å². The van der Waals surface area contributed by atoms with Crippen molar-refractivity contribution in [3.8, 4) is 17.9 Å². The normalized spacial score (nSPS) is 19.1. The minimum atomic E-state index is -0.430. The van der Waals surface area contributed by atoms with Crippen LogP contribution in [0.5, 0.6) is 5.75 Å². The summed E-state index contributed by atoms with van der Waals surface area (Å²) in [7, 11) is 0. The standard InChI is InChI=1S/C25H23ClN6O2S2/c26-17-5-1-16(2-6-17)24-30-18(13-35-24)14-36-25-21(12-28)22(20(11-27)23(31-25)32-29)15-3-7-19(8-4-15)34-10-9-33/h1-8,13,24-25,30-33H,9-10,14,29H2. The van der Waals surface area contributed by atoms with Crippen molar-refractivity contribution in [2.45, 2.75) is 10.7 Å². The molecule has 2 unspecified atom stereocenters. The van der Waals surface area contributed by atoms with Crippen LogP contribution in [-0.4, -0.2) is 29.4 Å². The Labute approximate surface area is 222 Å². The molecule has 184 valence electrons. The molecule has 8 nitrogen and oxygen atoms in total. The monoisotopic (exact) mass is 538 g/mol. The number of nitrogens with zero attached hydrogens (tertiary/aromatic N) is 2. The van der Waals surface area contributed by atoms with E-state index in [1.54, 1.807) is 36.0 Å². The number of nitriles is 2. The number of hydrazine groups is 1. The molecule has 11 heteroatoms. The SMILES string of the molecule is N#CC1=C(NN)NC(SCC2=CSC(c3ccc(Cl)cc3)N2)C(C#N)=C1c1ccc(OCCO)cc1. The van der Waals surface area contributed by atoms with Gasteiger partial charge in [-0.3, -0.25) is 0 Å². The van der Waals surface area contributed by atoms with E-state index in [-0.39, 0.29) is 24.2 Å². The van der Waals surface area contributed by atoms with Crippen LogP contribution in [0.25, 0.3) is 5.57 Å². The van der Waals surface area contributed by atoms with E-state index in [4.69, 9.17) is 27.3 Å². The summed E-state index contributed by atoms with van der Waals surface area (Å²) in [6, 6.07) is 19.2. The van der Waals surface area contributed by atoms with Crippen LogP contribution in [0.1, 0.15) is 16.5 Å². The van der Waals surface area contributed by atoms with E-state index in [1.807, 2.05) is 24.3 Å². The van der Waals surface area contributed by atoms with Crippen LogP contribution in [0.15, 0.2) is 76.6 Å². The number of aliphatic hydroxyl groups is 1. The molecular formula is C25H23ClN6O2S2. The number of nitrogens with one attached hydrogen (secondary N) is 3. The van der Waals surface area contributed by atoms with E-state index in [9.17, 15) is 10.5 Å². The molecule has 0 fully saturated rings. The van der Waals surface area contributed by atoms with E-state index >= 15 is 0 Å². The van der Waals surface area contributed by atoms with Gasteiger partial charge in [0.1, 0.15) is 40.6 Å². The first-order chi connectivity index (χ1) is 17.6. The van der Waals surface area contributed by atoms with E-state index < -0.39 is 5.37 Å². The maximum atomic E-state index is 10.1. The molecule has 2 aromatic rings. The van der Waals surface area contributed by atoms with Crippen LogP contribution in [0.2, 0.25) is 5.02 Å². The van der Waals surface area contributed by atoms with Crippen LogP contribution < -0.4 is 26.6 Å². The highest BCUT2D eigenvalue weighted by Crippen LogP contribution is 2.39. The number of allylic oxidation sites excluding steroid dienone is 2. The third-order valence-electron chi connectivity index (χ3n) is 5.43. The molecule has 0 amide bonds. The molecule has 2 aromatic carbocycles. The second-order valence-corrected chi connectivity index (χ2v) is 10.2. The lowest BCUT2D eigenvalue weighted by Crippen LogP contribution is -2.41. The highest BCUT2D eigenvalue weighted by Gasteiger charge is 2.31. The van der Waals surface area contributed by atoms with E-state index in [1.165, 1.54) is 11.8 Å². The molecule has 2 aliphatic heterocycles. The molecule has 36 heavy (non-hydrogen) atoms. The summed E-state index contributed by atoms with van der Waals surface area (Å²) < 4.78 is 5.43.